The average molecular weight is 392 g/mol. The Morgan fingerprint density at radius 2 is 1.45 bits per heavy atom. The third-order valence-electron chi connectivity index (χ3n) is 4.15. The first-order valence-electron chi connectivity index (χ1n) is 9.22. The molecule has 0 bridgehead atoms. The molecule has 2 amide bonds. The molecule has 0 saturated carbocycles. The van der Waals surface area contributed by atoms with Crippen molar-refractivity contribution in [3.8, 4) is 11.5 Å². The zero-order chi connectivity index (χ0) is 20.5. The summed E-state index contributed by atoms with van der Waals surface area (Å²) in [5.41, 5.74) is 1.36. The van der Waals surface area contributed by atoms with Gasteiger partial charge >= 0.3 is 0 Å². The zero-order valence-corrected chi connectivity index (χ0v) is 15.7. The van der Waals surface area contributed by atoms with Crippen molar-refractivity contribution < 1.29 is 18.7 Å². The van der Waals surface area contributed by atoms with Crippen LogP contribution in [0, 0.1) is 5.82 Å². The number of hydrogen-bond donors (Lipinski definition) is 2. The number of carbonyl (C=O) groups excluding carboxylic acids is 2. The minimum absolute atomic E-state index is 0.121. The number of amides is 2. The summed E-state index contributed by atoms with van der Waals surface area (Å²) in [6.07, 6.45) is 0.586. The van der Waals surface area contributed by atoms with Gasteiger partial charge in [0.05, 0.1) is 6.54 Å². The van der Waals surface area contributed by atoms with Crippen molar-refractivity contribution >= 4 is 11.8 Å². The van der Waals surface area contributed by atoms with Gasteiger partial charge in [-0.1, -0.05) is 30.3 Å². The van der Waals surface area contributed by atoms with Crippen LogP contribution >= 0.6 is 0 Å². The first-order chi connectivity index (χ1) is 14.1. The summed E-state index contributed by atoms with van der Waals surface area (Å²) in [4.78, 5) is 24.1. The molecule has 0 aromatic heterocycles. The molecule has 3 aromatic rings. The Kier molecular flexibility index (Phi) is 6.95. The van der Waals surface area contributed by atoms with Crippen molar-refractivity contribution in [1.82, 2.24) is 10.6 Å². The second-order valence-electron chi connectivity index (χ2n) is 6.35. The van der Waals surface area contributed by atoms with Gasteiger partial charge in [-0.3, -0.25) is 9.59 Å². The zero-order valence-electron chi connectivity index (χ0n) is 15.7. The van der Waals surface area contributed by atoms with Crippen LogP contribution in [-0.4, -0.2) is 24.9 Å². The first kappa shape index (κ1) is 20.1. The van der Waals surface area contributed by atoms with Crippen LogP contribution in [0.1, 0.15) is 15.9 Å². The Morgan fingerprint density at radius 1 is 0.793 bits per heavy atom. The van der Waals surface area contributed by atoms with E-state index in [0.717, 1.165) is 5.56 Å². The molecule has 0 saturated heterocycles. The van der Waals surface area contributed by atoms with Gasteiger partial charge in [-0.05, 0) is 60.5 Å². The maximum atomic E-state index is 12.9. The second kappa shape index (κ2) is 10.0. The lowest BCUT2D eigenvalue weighted by atomic mass is 10.1. The molecule has 0 heterocycles. The molecular weight excluding hydrogens is 371 g/mol. The Labute approximate surface area is 168 Å². The Bertz CT molecular complexity index is 942. The number of para-hydroxylation sites is 1. The van der Waals surface area contributed by atoms with Crippen LogP contribution in [0.5, 0.6) is 11.5 Å². The fourth-order valence-corrected chi connectivity index (χ4v) is 2.62. The van der Waals surface area contributed by atoms with E-state index in [9.17, 15) is 14.0 Å². The van der Waals surface area contributed by atoms with Crippen LogP contribution in [0.2, 0.25) is 0 Å². The van der Waals surface area contributed by atoms with Crippen LogP contribution < -0.4 is 15.4 Å². The highest BCUT2D eigenvalue weighted by molar-refractivity contribution is 5.96. The summed E-state index contributed by atoms with van der Waals surface area (Å²) < 4.78 is 18.5. The third kappa shape index (κ3) is 6.46. The van der Waals surface area contributed by atoms with E-state index < -0.39 is 0 Å². The van der Waals surface area contributed by atoms with Gasteiger partial charge in [0.25, 0.3) is 5.91 Å². The summed E-state index contributed by atoms with van der Waals surface area (Å²) in [6.45, 7) is 0.288. The number of ether oxygens (including phenoxy) is 1. The highest BCUT2D eigenvalue weighted by atomic mass is 19.1. The van der Waals surface area contributed by atoms with Gasteiger partial charge in [0.2, 0.25) is 5.91 Å². The lowest BCUT2D eigenvalue weighted by Gasteiger charge is -2.08. The molecule has 0 atom stereocenters. The molecular formula is C23H21FN2O3. The maximum absolute atomic E-state index is 12.9. The third-order valence-corrected chi connectivity index (χ3v) is 4.15. The van der Waals surface area contributed by atoms with Crippen LogP contribution in [0.25, 0.3) is 0 Å². The highest BCUT2D eigenvalue weighted by Gasteiger charge is 2.08. The molecule has 0 aliphatic heterocycles. The molecule has 2 N–H and O–H groups in total. The van der Waals surface area contributed by atoms with E-state index in [-0.39, 0.29) is 24.2 Å². The predicted molar refractivity (Wildman–Crippen MR) is 108 cm³/mol. The largest absolute Gasteiger partial charge is 0.457 e. The van der Waals surface area contributed by atoms with E-state index in [2.05, 4.69) is 10.6 Å². The molecule has 0 radical (unpaired) electrons. The van der Waals surface area contributed by atoms with Gasteiger partial charge in [0.15, 0.2) is 0 Å². The predicted octanol–water partition coefficient (Wildman–Crippen LogP) is 3.71. The van der Waals surface area contributed by atoms with Gasteiger partial charge in [0.1, 0.15) is 17.3 Å². The van der Waals surface area contributed by atoms with Crippen molar-refractivity contribution in [2.45, 2.75) is 6.42 Å². The van der Waals surface area contributed by atoms with Gasteiger partial charge in [-0.15, -0.1) is 0 Å². The molecule has 0 unspecified atom stereocenters. The normalized spacial score (nSPS) is 10.2. The summed E-state index contributed by atoms with van der Waals surface area (Å²) in [5.74, 6) is 0.405. The monoisotopic (exact) mass is 392 g/mol. The molecule has 0 aliphatic rings. The fourth-order valence-electron chi connectivity index (χ4n) is 2.62. The molecule has 3 rings (SSSR count). The lowest BCUT2D eigenvalue weighted by Crippen LogP contribution is -2.37. The molecule has 5 nitrogen and oxygen atoms in total. The molecule has 29 heavy (non-hydrogen) atoms. The first-order valence-corrected chi connectivity index (χ1v) is 9.22. The molecule has 0 spiro atoms. The van der Waals surface area contributed by atoms with Crippen molar-refractivity contribution in [2.75, 3.05) is 13.1 Å². The van der Waals surface area contributed by atoms with Gasteiger partial charge in [-0.25, -0.2) is 4.39 Å². The Morgan fingerprint density at radius 3 is 2.14 bits per heavy atom. The number of halogens is 1. The van der Waals surface area contributed by atoms with Crippen LogP contribution in [-0.2, 0) is 11.2 Å². The number of nitrogens with one attached hydrogen (secondary N) is 2. The fraction of sp³-hybridized carbons (Fsp3) is 0.130. The van der Waals surface area contributed by atoms with E-state index in [4.69, 9.17) is 4.74 Å². The van der Waals surface area contributed by atoms with Gasteiger partial charge in [-0.2, -0.15) is 0 Å². The number of benzene rings is 3. The summed E-state index contributed by atoms with van der Waals surface area (Å²) in [7, 11) is 0. The summed E-state index contributed by atoms with van der Waals surface area (Å²) in [5, 5.41) is 5.30. The van der Waals surface area contributed by atoms with Crippen LogP contribution in [0.15, 0.2) is 78.9 Å². The van der Waals surface area contributed by atoms with Gasteiger partial charge in [0, 0.05) is 12.1 Å². The van der Waals surface area contributed by atoms with E-state index in [1.807, 2.05) is 30.3 Å². The Hall–Kier alpha value is -3.67. The molecule has 3 aromatic carbocycles. The van der Waals surface area contributed by atoms with Crippen LogP contribution in [0.3, 0.4) is 0 Å². The number of carbonyl (C=O) groups is 2. The highest BCUT2D eigenvalue weighted by Crippen LogP contribution is 2.21. The number of hydrogen-bond acceptors (Lipinski definition) is 3. The van der Waals surface area contributed by atoms with Crippen molar-refractivity contribution in [3.63, 3.8) is 0 Å². The average Bonchev–Trinajstić information content (AvgIpc) is 2.75. The van der Waals surface area contributed by atoms with Crippen molar-refractivity contribution in [1.29, 1.82) is 0 Å². The molecule has 148 valence electrons. The standard InChI is InChI=1S/C23H21FN2O3/c24-19-10-6-17(7-11-19)14-15-25-22(27)16-26-23(28)18-8-12-21(13-9-18)29-20-4-2-1-3-5-20/h1-13H,14-16H2,(H,25,27)(H,26,28). The minimum Gasteiger partial charge on any atom is -0.457 e. The van der Waals surface area contributed by atoms with E-state index in [1.165, 1.54) is 12.1 Å². The van der Waals surface area contributed by atoms with Crippen molar-refractivity contribution in [2.24, 2.45) is 0 Å². The van der Waals surface area contributed by atoms with Crippen molar-refractivity contribution in [3.05, 3.63) is 95.8 Å². The SMILES string of the molecule is O=C(CNC(=O)c1ccc(Oc2ccccc2)cc1)NCCc1ccc(F)cc1. The summed E-state index contributed by atoms with van der Waals surface area (Å²) in [6, 6.07) is 22.1. The smallest absolute Gasteiger partial charge is 0.251 e. The van der Waals surface area contributed by atoms with E-state index in [1.54, 1.807) is 36.4 Å². The van der Waals surface area contributed by atoms with Crippen LogP contribution in [0.4, 0.5) is 4.39 Å². The Balaban J connectivity index is 1.40. The summed E-state index contributed by atoms with van der Waals surface area (Å²) >= 11 is 0. The molecule has 6 heteroatoms. The second-order valence-corrected chi connectivity index (χ2v) is 6.35. The maximum Gasteiger partial charge on any atom is 0.251 e. The minimum atomic E-state index is -0.343. The quantitative estimate of drug-likeness (QED) is 0.614. The van der Waals surface area contributed by atoms with E-state index in [0.29, 0.717) is 30.0 Å². The topological polar surface area (TPSA) is 67.4 Å². The van der Waals surface area contributed by atoms with E-state index >= 15 is 0 Å². The van der Waals surface area contributed by atoms with Gasteiger partial charge < -0.3 is 15.4 Å². The number of rotatable bonds is 8. The molecule has 0 aliphatic carbocycles. The lowest BCUT2D eigenvalue weighted by molar-refractivity contribution is -0.120. The molecule has 0 fully saturated rings.